The van der Waals surface area contributed by atoms with Crippen molar-refractivity contribution >= 4 is 40.3 Å². The van der Waals surface area contributed by atoms with Crippen molar-refractivity contribution in [1.82, 2.24) is 14.9 Å². The van der Waals surface area contributed by atoms with Crippen molar-refractivity contribution in [1.29, 1.82) is 0 Å². The van der Waals surface area contributed by atoms with Crippen molar-refractivity contribution in [3.05, 3.63) is 77.3 Å². The number of hydrogen-bond donors (Lipinski definition) is 1. The van der Waals surface area contributed by atoms with Gasteiger partial charge in [-0.05, 0) is 80.4 Å². The Morgan fingerprint density at radius 1 is 1.12 bits per heavy atom. The van der Waals surface area contributed by atoms with E-state index in [0.717, 1.165) is 47.6 Å². The maximum atomic E-state index is 6.86. The molecule has 5 rings (SSSR count). The minimum atomic E-state index is -0.0547. The van der Waals surface area contributed by atoms with Gasteiger partial charge in [-0.3, -0.25) is 4.98 Å². The molecule has 2 aliphatic rings. The van der Waals surface area contributed by atoms with E-state index >= 15 is 0 Å². The lowest BCUT2D eigenvalue weighted by molar-refractivity contribution is 0.438. The summed E-state index contributed by atoms with van der Waals surface area (Å²) in [5, 5.41) is 5.00. The third kappa shape index (κ3) is 4.22. The molecule has 0 bridgehead atoms. The lowest BCUT2D eigenvalue weighted by Gasteiger charge is -2.33. The molecular weight excluding hydrogens is 450 g/mol. The van der Waals surface area contributed by atoms with Gasteiger partial charge in [-0.25, -0.2) is 0 Å². The Balaban J connectivity index is 1.53. The van der Waals surface area contributed by atoms with Gasteiger partial charge in [0, 0.05) is 43.4 Å². The maximum Gasteiger partial charge on any atom is 0.174 e. The standard InChI is InChI=1S/C26H30ClN5S/c1-3-30-14-6-8-23(30)25-24(21-7-4-5-13-28-21)29-26(33)32(25)19-9-10-22(20(27)17-19)31-15-11-18(2)12-16-31/h4-10,13-14,17-18,24-25H,3,11-12,15-16H2,1-2H3,(H,29,33). The van der Waals surface area contributed by atoms with Gasteiger partial charge in [0.1, 0.15) is 6.04 Å². The SMILES string of the molecule is CCn1cccc1C1C(c2ccccn2)NC(=S)N1c1ccc(N2CCC(C)CC2)c(Cl)c1. The van der Waals surface area contributed by atoms with E-state index in [2.05, 4.69) is 81.1 Å². The lowest BCUT2D eigenvalue weighted by Crippen LogP contribution is -2.33. The first-order valence-corrected chi connectivity index (χ1v) is 12.6. The van der Waals surface area contributed by atoms with Gasteiger partial charge in [0.15, 0.2) is 5.11 Å². The van der Waals surface area contributed by atoms with Gasteiger partial charge in [-0.2, -0.15) is 0 Å². The minimum Gasteiger partial charge on any atom is -0.370 e. The smallest absolute Gasteiger partial charge is 0.174 e. The Morgan fingerprint density at radius 2 is 1.94 bits per heavy atom. The number of nitrogens with zero attached hydrogens (tertiary/aromatic N) is 4. The first-order valence-electron chi connectivity index (χ1n) is 11.8. The van der Waals surface area contributed by atoms with Crippen molar-refractivity contribution in [3.8, 4) is 0 Å². The number of aromatic nitrogens is 2. The molecule has 7 heteroatoms. The normalized spacial score (nSPS) is 21.5. The summed E-state index contributed by atoms with van der Waals surface area (Å²) in [6.07, 6.45) is 6.38. The number of pyridine rings is 1. The third-order valence-electron chi connectivity index (χ3n) is 6.94. The zero-order chi connectivity index (χ0) is 22.9. The first kappa shape index (κ1) is 22.2. The number of thiocarbonyl (C=S) groups is 1. The van der Waals surface area contributed by atoms with Gasteiger partial charge in [0.25, 0.3) is 0 Å². The second-order valence-electron chi connectivity index (χ2n) is 9.02. The van der Waals surface area contributed by atoms with Gasteiger partial charge in [-0.1, -0.05) is 24.6 Å². The Kier molecular flexibility index (Phi) is 6.30. The molecule has 2 fully saturated rings. The third-order valence-corrected chi connectivity index (χ3v) is 7.56. The van der Waals surface area contributed by atoms with E-state index in [1.807, 2.05) is 18.3 Å². The summed E-state index contributed by atoms with van der Waals surface area (Å²) in [5.41, 5.74) is 4.28. The molecule has 2 aliphatic heterocycles. The zero-order valence-corrected chi connectivity index (χ0v) is 20.7. The van der Waals surface area contributed by atoms with Crippen LogP contribution in [0.2, 0.25) is 5.02 Å². The van der Waals surface area contributed by atoms with E-state index in [1.54, 1.807) is 0 Å². The quantitative estimate of drug-likeness (QED) is 0.456. The molecule has 0 amide bonds. The highest BCUT2D eigenvalue weighted by Gasteiger charge is 2.42. The van der Waals surface area contributed by atoms with E-state index in [1.165, 1.54) is 18.5 Å². The number of nitrogens with one attached hydrogen (secondary N) is 1. The molecule has 3 aromatic rings. The van der Waals surface area contributed by atoms with Crippen molar-refractivity contribution in [2.24, 2.45) is 5.92 Å². The average Bonchev–Trinajstić information content (AvgIpc) is 3.44. The van der Waals surface area contributed by atoms with Crippen LogP contribution in [-0.2, 0) is 6.54 Å². The summed E-state index contributed by atoms with van der Waals surface area (Å²) in [5.74, 6) is 0.784. The fraction of sp³-hybridized carbons (Fsp3) is 0.385. The van der Waals surface area contributed by atoms with Crippen LogP contribution in [0.5, 0.6) is 0 Å². The molecule has 0 radical (unpaired) electrons. The summed E-state index contributed by atoms with van der Waals surface area (Å²) in [7, 11) is 0. The highest BCUT2D eigenvalue weighted by molar-refractivity contribution is 7.80. The Hall–Kier alpha value is -2.57. The second kappa shape index (κ2) is 9.35. The predicted molar refractivity (Wildman–Crippen MR) is 140 cm³/mol. The molecule has 0 saturated carbocycles. The van der Waals surface area contributed by atoms with Crippen molar-refractivity contribution in [2.45, 2.75) is 45.3 Å². The number of benzene rings is 1. The van der Waals surface area contributed by atoms with Crippen LogP contribution in [0.4, 0.5) is 11.4 Å². The summed E-state index contributed by atoms with van der Waals surface area (Å²) < 4.78 is 2.27. The number of piperidine rings is 1. The first-order chi connectivity index (χ1) is 16.1. The molecule has 172 valence electrons. The number of rotatable bonds is 5. The zero-order valence-electron chi connectivity index (χ0n) is 19.1. The van der Waals surface area contributed by atoms with E-state index < -0.39 is 0 Å². The van der Waals surface area contributed by atoms with Crippen LogP contribution in [0.25, 0.3) is 0 Å². The van der Waals surface area contributed by atoms with Crippen molar-refractivity contribution < 1.29 is 0 Å². The van der Waals surface area contributed by atoms with Crippen LogP contribution >= 0.6 is 23.8 Å². The Bertz CT molecular complexity index is 1120. The molecule has 2 atom stereocenters. The molecule has 1 aromatic carbocycles. The molecule has 0 aliphatic carbocycles. The van der Waals surface area contributed by atoms with Crippen LogP contribution < -0.4 is 15.1 Å². The second-order valence-corrected chi connectivity index (χ2v) is 9.81. The number of hydrogen-bond acceptors (Lipinski definition) is 3. The van der Waals surface area contributed by atoms with E-state index in [-0.39, 0.29) is 12.1 Å². The molecule has 33 heavy (non-hydrogen) atoms. The van der Waals surface area contributed by atoms with Gasteiger partial charge < -0.3 is 19.7 Å². The van der Waals surface area contributed by atoms with E-state index in [0.29, 0.717) is 5.11 Å². The largest absolute Gasteiger partial charge is 0.370 e. The molecule has 2 unspecified atom stereocenters. The summed E-state index contributed by atoms with van der Waals surface area (Å²) in [6.45, 7) is 7.49. The summed E-state index contributed by atoms with van der Waals surface area (Å²) in [6, 6.07) is 16.6. The molecule has 5 nitrogen and oxygen atoms in total. The van der Waals surface area contributed by atoms with Gasteiger partial charge >= 0.3 is 0 Å². The molecule has 2 saturated heterocycles. The van der Waals surface area contributed by atoms with Gasteiger partial charge in [0.05, 0.1) is 22.4 Å². The summed E-state index contributed by atoms with van der Waals surface area (Å²) in [4.78, 5) is 9.25. The van der Waals surface area contributed by atoms with Crippen LogP contribution in [-0.4, -0.2) is 27.8 Å². The summed E-state index contributed by atoms with van der Waals surface area (Å²) >= 11 is 12.7. The van der Waals surface area contributed by atoms with E-state index in [4.69, 9.17) is 23.8 Å². The minimum absolute atomic E-state index is 0.0277. The molecule has 4 heterocycles. The van der Waals surface area contributed by atoms with E-state index in [9.17, 15) is 0 Å². The molecule has 0 spiro atoms. The number of anilines is 2. The number of halogens is 1. The Labute approximate surface area is 206 Å². The number of aryl methyl sites for hydroxylation is 1. The van der Waals surface area contributed by atoms with Gasteiger partial charge in [-0.15, -0.1) is 0 Å². The van der Waals surface area contributed by atoms with Crippen molar-refractivity contribution in [2.75, 3.05) is 22.9 Å². The molecular formula is C26H30ClN5S. The topological polar surface area (TPSA) is 36.3 Å². The van der Waals surface area contributed by atoms with Crippen LogP contribution in [0.3, 0.4) is 0 Å². The molecule has 2 aromatic heterocycles. The monoisotopic (exact) mass is 479 g/mol. The van der Waals surface area contributed by atoms with Crippen molar-refractivity contribution in [3.63, 3.8) is 0 Å². The predicted octanol–water partition coefficient (Wildman–Crippen LogP) is 5.97. The molecule has 1 N–H and O–H groups in total. The highest BCUT2D eigenvalue weighted by Crippen LogP contribution is 2.43. The highest BCUT2D eigenvalue weighted by atomic mass is 35.5. The van der Waals surface area contributed by atoms with Crippen LogP contribution in [0.15, 0.2) is 60.9 Å². The fourth-order valence-electron chi connectivity index (χ4n) is 5.07. The Morgan fingerprint density at radius 3 is 2.64 bits per heavy atom. The van der Waals surface area contributed by atoms with Crippen LogP contribution in [0, 0.1) is 5.92 Å². The fourth-order valence-corrected chi connectivity index (χ4v) is 5.71. The van der Waals surface area contributed by atoms with Gasteiger partial charge in [0.2, 0.25) is 0 Å². The van der Waals surface area contributed by atoms with Crippen LogP contribution in [0.1, 0.15) is 50.2 Å². The maximum absolute atomic E-state index is 6.86. The average molecular weight is 480 g/mol. The lowest BCUT2D eigenvalue weighted by atomic mass is 9.98.